The van der Waals surface area contributed by atoms with E-state index in [2.05, 4.69) is 36.5 Å². The van der Waals surface area contributed by atoms with Crippen LogP contribution in [0.2, 0.25) is 0 Å². The van der Waals surface area contributed by atoms with Crippen molar-refractivity contribution in [1.29, 1.82) is 0 Å². The highest BCUT2D eigenvalue weighted by molar-refractivity contribution is 5.74. The third-order valence-electron chi connectivity index (χ3n) is 5.72. The summed E-state index contributed by atoms with van der Waals surface area (Å²) in [4.78, 5) is 19.4. The van der Waals surface area contributed by atoms with Gasteiger partial charge in [0.25, 0.3) is 0 Å². The fourth-order valence-corrected chi connectivity index (χ4v) is 4.27. The zero-order valence-electron chi connectivity index (χ0n) is 17.3. The van der Waals surface area contributed by atoms with E-state index in [0.29, 0.717) is 6.54 Å². The van der Waals surface area contributed by atoms with Crippen LogP contribution in [0.1, 0.15) is 25.0 Å². The van der Waals surface area contributed by atoms with Gasteiger partial charge in [-0.05, 0) is 38.3 Å². The smallest absolute Gasteiger partial charge is 0.317 e. The van der Waals surface area contributed by atoms with Gasteiger partial charge in [0.2, 0.25) is 0 Å². The summed E-state index contributed by atoms with van der Waals surface area (Å²) in [6.45, 7) is 6.96. The highest BCUT2D eigenvalue weighted by atomic mass is 16.2. The predicted molar refractivity (Wildman–Crippen MR) is 112 cm³/mol. The van der Waals surface area contributed by atoms with E-state index in [1.807, 2.05) is 35.7 Å². The van der Waals surface area contributed by atoms with Gasteiger partial charge in [0.1, 0.15) is 5.82 Å². The summed E-state index contributed by atoms with van der Waals surface area (Å²) >= 11 is 0. The molecule has 0 aromatic carbocycles. The van der Waals surface area contributed by atoms with E-state index in [0.717, 1.165) is 69.3 Å². The molecule has 2 fully saturated rings. The Balaban J connectivity index is 1.32. The van der Waals surface area contributed by atoms with E-state index in [1.165, 1.54) is 0 Å². The summed E-state index contributed by atoms with van der Waals surface area (Å²) in [6.07, 6.45) is 4.69. The summed E-state index contributed by atoms with van der Waals surface area (Å²) in [7, 11) is 1.98. The van der Waals surface area contributed by atoms with Crippen molar-refractivity contribution >= 4 is 17.7 Å². The predicted octanol–water partition coefficient (Wildman–Crippen LogP) is 1.41. The third-order valence-corrected chi connectivity index (χ3v) is 5.72. The first kappa shape index (κ1) is 19.5. The molecule has 9 nitrogen and oxygen atoms in total. The second-order valence-corrected chi connectivity index (χ2v) is 7.91. The second-order valence-electron chi connectivity index (χ2n) is 7.91. The SMILES string of the molecule is Cc1cc(N2CCCC(NC(=O)N3CCCN(c4cccnn4)CC3)C2)n(C)n1. The Morgan fingerprint density at radius 3 is 2.76 bits per heavy atom. The molecule has 4 heterocycles. The number of amides is 2. The van der Waals surface area contributed by atoms with Crippen molar-refractivity contribution < 1.29 is 4.79 Å². The molecule has 0 spiro atoms. The third kappa shape index (κ3) is 4.60. The first-order valence-electron chi connectivity index (χ1n) is 10.4. The number of urea groups is 1. The molecule has 0 aliphatic carbocycles. The molecule has 4 rings (SSSR count). The molecule has 0 bridgehead atoms. The molecule has 29 heavy (non-hydrogen) atoms. The molecule has 2 aliphatic heterocycles. The van der Waals surface area contributed by atoms with E-state index < -0.39 is 0 Å². The Bertz CT molecular complexity index is 823. The van der Waals surface area contributed by atoms with Crippen LogP contribution in [-0.4, -0.2) is 76.2 Å². The van der Waals surface area contributed by atoms with Gasteiger partial charge in [0.15, 0.2) is 5.82 Å². The monoisotopic (exact) mass is 398 g/mol. The van der Waals surface area contributed by atoms with Crippen molar-refractivity contribution in [2.75, 3.05) is 49.1 Å². The van der Waals surface area contributed by atoms with Gasteiger partial charge < -0.3 is 20.0 Å². The molecule has 0 radical (unpaired) electrons. The highest BCUT2D eigenvalue weighted by Gasteiger charge is 2.26. The van der Waals surface area contributed by atoms with Crippen molar-refractivity contribution in [1.82, 2.24) is 30.2 Å². The number of anilines is 2. The average molecular weight is 399 g/mol. The molecule has 156 valence electrons. The number of aromatic nitrogens is 4. The zero-order valence-corrected chi connectivity index (χ0v) is 17.3. The van der Waals surface area contributed by atoms with Gasteiger partial charge in [-0.25, -0.2) is 4.79 Å². The van der Waals surface area contributed by atoms with Gasteiger partial charge in [0, 0.05) is 64.6 Å². The minimum atomic E-state index is 0.0408. The van der Waals surface area contributed by atoms with Crippen molar-refractivity contribution in [2.24, 2.45) is 7.05 Å². The molecule has 2 aromatic heterocycles. The normalized spacial score (nSPS) is 20.5. The lowest BCUT2D eigenvalue weighted by Crippen LogP contribution is -2.52. The number of aryl methyl sites for hydroxylation is 2. The largest absolute Gasteiger partial charge is 0.355 e. The van der Waals surface area contributed by atoms with Gasteiger partial charge >= 0.3 is 6.03 Å². The van der Waals surface area contributed by atoms with E-state index in [9.17, 15) is 4.79 Å². The molecule has 1 unspecified atom stereocenters. The number of rotatable bonds is 3. The maximum atomic E-state index is 12.9. The standard InChI is InChI=1S/C20H30N8O/c1-16-14-19(25(2)24-16)28-9-4-6-17(15-28)22-20(29)27-11-5-10-26(12-13-27)18-7-3-8-21-23-18/h3,7-8,14,17H,4-6,9-13,15H2,1-2H3,(H,22,29). The number of nitrogens with zero attached hydrogens (tertiary/aromatic N) is 7. The molecule has 2 saturated heterocycles. The van der Waals surface area contributed by atoms with E-state index >= 15 is 0 Å². The number of nitrogens with one attached hydrogen (secondary N) is 1. The summed E-state index contributed by atoms with van der Waals surface area (Å²) < 4.78 is 1.93. The molecule has 2 amide bonds. The number of hydrogen-bond donors (Lipinski definition) is 1. The maximum Gasteiger partial charge on any atom is 0.317 e. The van der Waals surface area contributed by atoms with E-state index in [4.69, 9.17) is 0 Å². The van der Waals surface area contributed by atoms with Crippen molar-refractivity contribution in [3.05, 3.63) is 30.1 Å². The number of carbonyl (C=O) groups is 1. The van der Waals surface area contributed by atoms with Crippen molar-refractivity contribution in [3.63, 3.8) is 0 Å². The molecule has 2 aromatic rings. The quantitative estimate of drug-likeness (QED) is 0.842. The summed E-state index contributed by atoms with van der Waals surface area (Å²) in [5.74, 6) is 2.00. The van der Waals surface area contributed by atoms with Crippen LogP contribution in [-0.2, 0) is 7.05 Å². The van der Waals surface area contributed by atoms with Crippen LogP contribution >= 0.6 is 0 Å². The Morgan fingerprint density at radius 1 is 1.14 bits per heavy atom. The first-order chi connectivity index (χ1) is 14.1. The Kier molecular flexibility index (Phi) is 5.82. The second kappa shape index (κ2) is 8.67. The maximum absolute atomic E-state index is 12.9. The minimum Gasteiger partial charge on any atom is -0.355 e. The Hall–Kier alpha value is -2.84. The molecule has 9 heteroatoms. The molecular weight excluding hydrogens is 368 g/mol. The van der Waals surface area contributed by atoms with Crippen LogP contribution in [0.5, 0.6) is 0 Å². The van der Waals surface area contributed by atoms with Gasteiger partial charge in [-0.15, -0.1) is 5.10 Å². The molecule has 1 atom stereocenters. The Morgan fingerprint density at radius 2 is 2.00 bits per heavy atom. The molecule has 2 aliphatic rings. The van der Waals surface area contributed by atoms with Gasteiger partial charge in [0.05, 0.1) is 5.69 Å². The van der Waals surface area contributed by atoms with Crippen LogP contribution in [0.15, 0.2) is 24.4 Å². The van der Waals surface area contributed by atoms with Crippen LogP contribution < -0.4 is 15.1 Å². The topological polar surface area (TPSA) is 82.4 Å². The molecular formula is C20H30N8O. The van der Waals surface area contributed by atoms with Crippen LogP contribution in [0, 0.1) is 6.92 Å². The number of carbonyl (C=O) groups excluding carboxylic acids is 1. The average Bonchev–Trinajstić information content (AvgIpc) is 2.93. The first-order valence-corrected chi connectivity index (χ1v) is 10.4. The highest BCUT2D eigenvalue weighted by Crippen LogP contribution is 2.21. The van der Waals surface area contributed by atoms with Gasteiger partial charge in [-0.1, -0.05) is 0 Å². The summed E-state index contributed by atoms with van der Waals surface area (Å²) in [5, 5.41) is 15.9. The van der Waals surface area contributed by atoms with E-state index in [-0.39, 0.29) is 12.1 Å². The zero-order chi connectivity index (χ0) is 20.2. The molecule has 1 N–H and O–H groups in total. The lowest BCUT2D eigenvalue weighted by atomic mass is 10.1. The van der Waals surface area contributed by atoms with Crippen LogP contribution in [0.4, 0.5) is 16.4 Å². The molecule has 0 saturated carbocycles. The number of hydrogen-bond acceptors (Lipinski definition) is 6. The van der Waals surface area contributed by atoms with Gasteiger partial charge in [-0.3, -0.25) is 4.68 Å². The summed E-state index contributed by atoms with van der Waals surface area (Å²) in [5.41, 5.74) is 1.02. The van der Waals surface area contributed by atoms with Crippen LogP contribution in [0.3, 0.4) is 0 Å². The fourth-order valence-electron chi connectivity index (χ4n) is 4.27. The van der Waals surface area contributed by atoms with Crippen LogP contribution in [0.25, 0.3) is 0 Å². The minimum absolute atomic E-state index is 0.0408. The number of piperidine rings is 1. The van der Waals surface area contributed by atoms with Crippen molar-refractivity contribution in [2.45, 2.75) is 32.2 Å². The lowest BCUT2D eigenvalue weighted by molar-refractivity contribution is 0.195. The lowest BCUT2D eigenvalue weighted by Gasteiger charge is -2.35. The van der Waals surface area contributed by atoms with Crippen molar-refractivity contribution in [3.8, 4) is 0 Å². The summed E-state index contributed by atoms with van der Waals surface area (Å²) in [6, 6.07) is 6.18. The Labute approximate surface area is 171 Å². The fraction of sp³-hybridized carbons (Fsp3) is 0.600. The van der Waals surface area contributed by atoms with Gasteiger partial charge in [-0.2, -0.15) is 10.2 Å². The van der Waals surface area contributed by atoms with E-state index in [1.54, 1.807) is 6.20 Å².